The Bertz CT molecular complexity index is 383. The predicted molar refractivity (Wildman–Crippen MR) is 75.0 cm³/mol. The van der Waals surface area contributed by atoms with E-state index in [0.29, 0.717) is 6.54 Å². The number of aryl methyl sites for hydroxylation is 1. The predicted octanol–water partition coefficient (Wildman–Crippen LogP) is 2.60. The van der Waals surface area contributed by atoms with Gasteiger partial charge in [0.15, 0.2) is 0 Å². The summed E-state index contributed by atoms with van der Waals surface area (Å²) in [5.41, 5.74) is 1.72. The lowest BCUT2D eigenvalue weighted by Crippen LogP contribution is -2.38. The molecular formula is C15H25NO2. The van der Waals surface area contributed by atoms with Crippen molar-refractivity contribution < 1.29 is 9.84 Å². The normalized spacial score (nSPS) is 11.9. The smallest absolute Gasteiger partial charge is 0.123 e. The molecule has 0 radical (unpaired) electrons. The van der Waals surface area contributed by atoms with Gasteiger partial charge in [-0.3, -0.25) is 4.90 Å². The van der Waals surface area contributed by atoms with Crippen LogP contribution in [0.1, 0.15) is 31.9 Å². The number of hydrogen-bond acceptors (Lipinski definition) is 3. The van der Waals surface area contributed by atoms with Gasteiger partial charge in [0.25, 0.3) is 0 Å². The second-order valence-corrected chi connectivity index (χ2v) is 5.43. The van der Waals surface area contributed by atoms with Crippen molar-refractivity contribution in [2.45, 2.75) is 39.8 Å². The lowest BCUT2D eigenvalue weighted by molar-refractivity contribution is 0.0351. The maximum Gasteiger partial charge on any atom is 0.123 e. The van der Waals surface area contributed by atoms with Crippen molar-refractivity contribution in [3.8, 4) is 5.75 Å². The highest BCUT2D eigenvalue weighted by Gasteiger charge is 2.18. The molecule has 0 spiro atoms. The molecule has 0 unspecified atom stereocenters. The number of methoxy groups -OCH3 is 1. The van der Waals surface area contributed by atoms with Crippen LogP contribution in [0.4, 0.5) is 0 Å². The summed E-state index contributed by atoms with van der Waals surface area (Å²) in [5, 5.41) is 9.91. The monoisotopic (exact) mass is 251 g/mol. The number of aliphatic hydroxyl groups is 1. The summed E-state index contributed by atoms with van der Waals surface area (Å²) in [6, 6.07) is 6.20. The fourth-order valence-corrected chi connectivity index (χ4v) is 2.10. The number of rotatable bonds is 6. The van der Waals surface area contributed by atoms with Crippen LogP contribution in [-0.4, -0.2) is 35.8 Å². The maximum absolute atomic E-state index is 9.91. The third-order valence-electron chi connectivity index (χ3n) is 2.89. The first kappa shape index (κ1) is 15.0. The molecule has 3 heteroatoms. The average molecular weight is 251 g/mol. The van der Waals surface area contributed by atoms with Crippen molar-refractivity contribution in [2.24, 2.45) is 0 Å². The van der Waals surface area contributed by atoms with E-state index < -0.39 is 5.60 Å². The number of nitrogens with zero attached hydrogens (tertiary/aromatic N) is 1. The molecule has 18 heavy (non-hydrogen) atoms. The summed E-state index contributed by atoms with van der Waals surface area (Å²) in [7, 11) is 1.69. The minimum Gasteiger partial charge on any atom is -0.496 e. The van der Waals surface area contributed by atoms with Crippen LogP contribution in [0.3, 0.4) is 0 Å². The van der Waals surface area contributed by atoms with E-state index >= 15 is 0 Å². The molecule has 1 N–H and O–H groups in total. The van der Waals surface area contributed by atoms with Crippen molar-refractivity contribution in [3.63, 3.8) is 0 Å². The minimum atomic E-state index is -0.674. The van der Waals surface area contributed by atoms with Crippen LogP contribution in [0.15, 0.2) is 18.2 Å². The van der Waals surface area contributed by atoms with Gasteiger partial charge < -0.3 is 9.84 Å². The zero-order valence-electron chi connectivity index (χ0n) is 12.2. The van der Waals surface area contributed by atoms with Gasteiger partial charge in [-0.2, -0.15) is 0 Å². The Morgan fingerprint density at radius 2 is 2.00 bits per heavy atom. The lowest BCUT2D eigenvalue weighted by Gasteiger charge is -2.28. The summed E-state index contributed by atoms with van der Waals surface area (Å²) in [5.74, 6) is 0.912. The molecule has 0 aliphatic carbocycles. The molecule has 0 heterocycles. The van der Waals surface area contributed by atoms with Gasteiger partial charge in [-0.15, -0.1) is 0 Å². The summed E-state index contributed by atoms with van der Waals surface area (Å²) < 4.78 is 5.39. The summed E-state index contributed by atoms with van der Waals surface area (Å²) in [6.07, 6.45) is 0. The van der Waals surface area contributed by atoms with Crippen LogP contribution in [0, 0.1) is 6.92 Å². The van der Waals surface area contributed by atoms with Crippen molar-refractivity contribution in [1.29, 1.82) is 0 Å². The standard InChI is InChI=1S/C15H25NO2/c1-6-16(11-15(3,4)17)10-13-9-12(2)7-8-14(13)18-5/h7-9,17H,6,10-11H2,1-5H3. The largest absolute Gasteiger partial charge is 0.496 e. The Kier molecular flexibility index (Phi) is 5.17. The third kappa shape index (κ3) is 4.67. The van der Waals surface area contributed by atoms with E-state index in [4.69, 9.17) is 4.74 Å². The Morgan fingerprint density at radius 3 is 2.50 bits per heavy atom. The van der Waals surface area contributed by atoms with Gasteiger partial charge >= 0.3 is 0 Å². The Balaban J connectivity index is 2.84. The molecule has 0 amide bonds. The van der Waals surface area contributed by atoms with Gasteiger partial charge in [-0.1, -0.05) is 24.6 Å². The highest BCUT2D eigenvalue weighted by molar-refractivity contribution is 5.36. The van der Waals surface area contributed by atoms with E-state index in [9.17, 15) is 5.11 Å². The quantitative estimate of drug-likeness (QED) is 0.843. The van der Waals surface area contributed by atoms with E-state index in [1.807, 2.05) is 19.9 Å². The van der Waals surface area contributed by atoms with Gasteiger partial charge in [-0.05, 0) is 33.4 Å². The van der Waals surface area contributed by atoms with Crippen LogP contribution < -0.4 is 4.74 Å². The van der Waals surface area contributed by atoms with Crippen molar-refractivity contribution >= 4 is 0 Å². The van der Waals surface area contributed by atoms with E-state index in [0.717, 1.165) is 18.8 Å². The van der Waals surface area contributed by atoms with Gasteiger partial charge in [0, 0.05) is 18.7 Å². The molecule has 0 aromatic heterocycles. The molecule has 0 saturated carbocycles. The first-order valence-electron chi connectivity index (χ1n) is 6.44. The zero-order chi connectivity index (χ0) is 13.8. The first-order valence-corrected chi connectivity index (χ1v) is 6.44. The summed E-state index contributed by atoms with van der Waals surface area (Å²) in [6.45, 7) is 10.2. The van der Waals surface area contributed by atoms with Crippen LogP contribution in [0.2, 0.25) is 0 Å². The van der Waals surface area contributed by atoms with Crippen LogP contribution in [0.25, 0.3) is 0 Å². The molecule has 1 aromatic rings. The van der Waals surface area contributed by atoms with Crippen molar-refractivity contribution in [2.75, 3.05) is 20.2 Å². The lowest BCUT2D eigenvalue weighted by atomic mass is 10.1. The number of likely N-dealkylation sites (N-methyl/N-ethyl adjacent to an activating group) is 1. The topological polar surface area (TPSA) is 32.7 Å². The first-order chi connectivity index (χ1) is 8.35. The molecule has 1 aromatic carbocycles. The molecule has 102 valence electrons. The Labute approximate surface area is 110 Å². The third-order valence-corrected chi connectivity index (χ3v) is 2.89. The van der Waals surface area contributed by atoms with Gasteiger partial charge in [0.05, 0.1) is 12.7 Å². The fraction of sp³-hybridized carbons (Fsp3) is 0.600. The van der Waals surface area contributed by atoms with E-state index in [2.05, 4.69) is 30.9 Å². The average Bonchev–Trinajstić information content (AvgIpc) is 2.26. The number of benzene rings is 1. The van der Waals surface area contributed by atoms with Crippen molar-refractivity contribution in [1.82, 2.24) is 4.90 Å². The number of ether oxygens (including phenoxy) is 1. The summed E-state index contributed by atoms with van der Waals surface area (Å²) in [4.78, 5) is 2.22. The van der Waals surface area contributed by atoms with Crippen molar-refractivity contribution in [3.05, 3.63) is 29.3 Å². The maximum atomic E-state index is 9.91. The highest BCUT2D eigenvalue weighted by atomic mass is 16.5. The van der Waals surface area contributed by atoms with Gasteiger partial charge in [-0.25, -0.2) is 0 Å². The molecule has 0 aliphatic heterocycles. The Hall–Kier alpha value is -1.06. The molecule has 1 rings (SSSR count). The number of hydrogen-bond donors (Lipinski definition) is 1. The molecule has 0 aliphatic rings. The minimum absolute atomic E-state index is 0.653. The molecule has 0 saturated heterocycles. The molecule has 0 fully saturated rings. The highest BCUT2D eigenvalue weighted by Crippen LogP contribution is 2.22. The van der Waals surface area contributed by atoms with E-state index in [1.165, 1.54) is 11.1 Å². The van der Waals surface area contributed by atoms with Gasteiger partial charge in [0.1, 0.15) is 5.75 Å². The summed E-state index contributed by atoms with van der Waals surface area (Å²) >= 11 is 0. The zero-order valence-corrected chi connectivity index (χ0v) is 12.2. The van der Waals surface area contributed by atoms with E-state index in [-0.39, 0.29) is 0 Å². The van der Waals surface area contributed by atoms with Gasteiger partial charge in [0.2, 0.25) is 0 Å². The van der Waals surface area contributed by atoms with Crippen LogP contribution in [0.5, 0.6) is 5.75 Å². The van der Waals surface area contributed by atoms with Crippen LogP contribution in [-0.2, 0) is 6.54 Å². The van der Waals surface area contributed by atoms with Crippen LogP contribution >= 0.6 is 0 Å². The molecular weight excluding hydrogens is 226 g/mol. The second kappa shape index (κ2) is 6.21. The molecule has 0 bridgehead atoms. The fourth-order valence-electron chi connectivity index (χ4n) is 2.10. The molecule has 3 nitrogen and oxygen atoms in total. The SMILES string of the molecule is CCN(Cc1cc(C)ccc1OC)CC(C)(C)O. The van der Waals surface area contributed by atoms with E-state index in [1.54, 1.807) is 7.11 Å². The Morgan fingerprint density at radius 1 is 1.33 bits per heavy atom. The molecule has 0 atom stereocenters. The second-order valence-electron chi connectivity index (χ2n) is 5.43.